The molecule has 0 aliphatic rings. The summed E-state index contributed by atoms with van der Waals surface area (Å²) in [6.07, 6.45) is 0. The highest BCUT2D eigenvalue weighted by Crippen LogP contribution is 2.21. The van der Waals surface area contributed by atoms with Crippen LogP contribution in [0.1, 0.15) is 12.6 Å². The molecular weight excluding hydrogens is 236 g/mol. The smallest absolute Gasteiger partial charge is 0.311 e. The lowest BCUT2D eigenvalue weighted by molar-refractivity contribution is -0.384. The quantitative estimate of drug-likeness (QED) is 0.628. The minimum Gasteiger partial charge on any atom is -0.355 e. The van der Waals surface area contributed by atoms with E-state index in [1.165, 1.54) is 11.0 Å². The summed E-state index contributed by atoms with van der Waals surface area (Å²) in [5.41, 5.74) is 0.520. The Hall–Kier alpha value is -2.18. The summed E-state index contributed by atoms with van der Waals surface area (Å²) in [4.78, 5) is 27.4. The molecule has 0 fully saturated rings. The average Bonchev–Trinajstić information content (AvgIpc) is 2.34. The van der Waals surface area contributed by atoms with Gasteiger partial charge >= 0.3 is 5.69 Å². The maximum atomic E-state index is 11.6. The monoisotopic (exact) mass is 252 g/mol. The maximum Gasteiger partial charge on any atom is 0.311 e. The number of aryl methyl sites for hydroxylation is 1. The predicted octanol–water partition coefficient (Wildman–Crippen LogP) is 1.19. The van der Waals surface area contributed by atoms with Crippen molar-refractivity contribution < 1.29 is 9.72 Å². The molecule has 0 aromatic carbocycles. The van der Waals surface area contributed by atoms with Crippen LogP contribution >= 0.6 is 0 Å². The number of nitrogens with zero attached hydrogens (tertiary/aromatic N) is 3. The molecule has 0 unspecified atom stereocenters. The lowest BCUT2D eigenvalue weighted by Crippen LogP contribution is -2.32. The highest BCUT2D eigenvalue weighted by Gasteiger charge is 2.16. The number of carbonyl (C=O) groups excluding carboxylic acids is 1. The van der Waals surface area contributed by atoms with Crippen LogP contribution in [0.25, 0.3) is 0 Å². The van der Waals surface area contributed by atoms with E-state index in [1.807, 2.05) is 6.92 Å². The van der Waals surface area contributed by atoms with Crippen LogP contribution in [0.2, 0.25) is 0 Å². The second-order valence-corrected chi connectivity index (χ2v) is 3.84. The van der Waals surface area contributed by atoms with Crippen LogP contribution in [0, 0.1) is 17.0 Å². The van der Waals surface area contributed by atoms with Crippen molar-refractivity contribution in [2.45, 2.75) is 13.8 Å². The summed E-state index contributed by atoms with van der Waals surface area (Å²) in [5.74, 6) is -0.0204. The molecule has 1 amide bonds. The lowest BCUT2D eigenvalue weighted by atomic mass is 10.3. The van der Waals surface area contributed by atoms with Gasteiger partial charge in [0.05, 0.1) is 11.5 Å². The van der Waals surface area contributed by atoms with E-state index in [2.05, 4.69) is 10.3 Å². The Morgan fingerprint density at radius 1 is 1.56 bits per heavy atom. The number of anilines is 1. The minimum atomic E-state index is -0.525. The van der Waals surface area contributed by atoms with Crippen molar-refractivity contribution in [2.24, 2.45) is 0 Å². The number of nitro groups is 1. The molecule has 1 N–H and O–H groups in total. The van der Waals surface area contributed by atoms with E-state index >= 15 is 0 Å². The first-order valence-corrected chi connectivity index (χ1v) is 5.55. The third kappa shape index (κ3) is 3.41. The molecule has 7 heteroatoms. The third-order valence-corrected chi connectivity index (χ3v) is 2.52. The van der Waals surface area contributed by atoms with Gasteiger partial charge in [-0.1, -0.05) is 0 Å². The number of aromatic nitrogens is 1. The zero-order valence-electron chi connectivity index (χ0n) is 10.6. The molecule has 1 aromatic heterocycles. The molecule has 1 aromatic rings. The van der Waals surface area contributed by atoms with Gasteiger partial charge in [-0.15, -0.1) is 0 Å². The molecule has 1 rings (SSSR count). The van der Waals surface area contributed by atoms with Crippen LogP contribution in [0.15, 0.2) is 12.1 Å². The minimum absolute atomic E-state index is 0.0123. The topological polar surface area (TPSA) is 88.4 Å². The van der Waals surface area contributed by atoms with E-state index in [0.29, 0.717) is 12.2 Å². The first-order chi connectivity index (χ1) is 8.45. The Labute approximate surface area is 105 Å². The largest absolute Gasteiger partial charge is 0.355 e. The molecule has 0 saturated carbocycles. The van der Waals surface area contributed by atoms with Gasteiger partial charge < -0.3 is 10.2 Å². The summed E-state index contributed by atoms with van der Waals surface area (Å²) in [5, 5.41) is 13.5. The molecule has 1 heterocycles. The fourth-order valence-corrected chi connectivity index (χ4v) is 1.30. The van der Waals surface area contributed by atoms with Gasteiger partial charge in [0, 0.05) is 25.4 Å². The van der Waals surface area contributed by atoms with E-state index in [-0.39, 0.29) is 24.0 Å². The molecular formula is C11H16N4O3. The Kier molecular flexibility index (Phi) is 4.59. The van der Waals surface area contributed by atoms with E-state index in [1.54, 1.807) is 20.0 Å². The number of amides is 1. The van der Waals surface area contributed by atoms with Crippen molar-refractivity contribution in [1.82, 2.24) is 9.88 Å². The number of likely N-dealkylation sites (N-methyl/N-ethyl adjacent to an activating group) is 1. The molecule has 0 radical (unpaired) electrons. The fraction of sp³-hybridized carbons (Fsp3) is 0.455. The van der Waals surface area contributed by atoms with Crippen molar-refractivity contribution in [3.8, 4) is 0 Å². The number of hydrogen-bond donors (Lipinski definition) is 1. The summed E-state index contributed by atoms with van der Waals surface area (Å²) < 4.78 is 0. The standard InChI is InChI=1S/C11H16N4O3/c1-4-14(3)10(16)7-12-11-9(15(17)18)6-5-8(2)13-11/h5-6H,4,7H2,1-3H3,(H,12,13). The average molecular weight is 252 g/mol. The maximum absolute atomic E-state index is 11.6. The molecule has 0 saturated heterocycles. The molecule has 0 atom stereocenters. The van der Waals surface area contributed by atoms with Crippen molar-refractivity contribution in [3.63, 3.8) is 0 Å². The van der Waals surface area contributed by atoms with Gasteiger partial charge in [-0.3, -0.25) is 14.9 Å². The van der Waals surface area contributed by atoms with Gasteiger partial charge in [0.2, 0.25) is 11.7 Å². The van der Waals surface area contributed by atoms with Gasteiger partial charge in [-0.05, 0) is 19.9 Å². The van der Waals surface area contributed by atoms with Crippen molar-refractivity contribution >= 4 is 17.4 Å². The lowest BCUT2D eigenvalue weighted by Gasteiger charge is -2.15. The predicted molar refractivity (Wildman–Crippen MR) is 67.4 cm³/mol. The molecule has 0 spiro atoms. The van der Waals surface area contributed by atoms with Crippen molar-refractivity contribution in [1.29, 1.82) is 0 Å². The van der Waals surface area contributed by atoms with Crippen molar-refractivity contribution in [2.75, 3.05) is 25.5 Å². The van der Waals surface area contributed by atoms with Crippen LogP contribution < -0.4 is 5.32 Å². The Morgan fingerprint density at radius 3 is 2.78 bits per heavy atom. The zero-order valence-corrected chi connectivity index (χ0v) is 10.6. The second kappa shape index (κ2) is 5.95. The number of carbonyl (C=O) groups is 1. The Morgan fingerprint density at radius 2 is 2.22 bits per heavy atom. The van der Waals surface area contributed by atoms with E-state index in [9.17, 15) is 14.9 Å². The molecule has 98 valence electrons. The van der Waals surface area contributed by atoms with E-state index in [0.717, 1.165) is 0 Å². The van der Waals surface area contributed by atoms with Crippen LogP contribution in [0.4, 0.5) is 11.5 Å². The summed E-state index contributed by atoms with van der Waals surface area (Å²) >= 11 is 0. The molecule has 18 heavy (non-hydrogen) atoms. The molecule has 0 bridgehead atoms. The third-order valence-electron chi connectivity index (χ3n) is 2.52. The van der Waals surface area contributed by atoms with Gasteiger partial charge in [0.1, 0.15) is 0 Å². The summed E-state index contributed by atoms with van der Waals surface area (Å²) in [7, 11) is 1.67. The Balaban J connectivity index is 2.81. The van der Waals surface area contributed by atoms with Crippen LogP contribution in [-0.4, -0.2) is 40.9 Å². The van der Waals surface area contributed by atoms with Gasteiger partial charge in [0.15, 0.2) is 0 Å². The summed E-state index contributed by atoms with van der Waals surface area (Å²) in [6, 6.07) is 2.93. The first kappa shape index (κ1) is 13.9. The van der Waals surface area contributed by atoms with Gasteiger partial charge in [0.25, 0.3) is 0 Å². The highest BCUT2D eigenvalue weighted by molar-refractivity contribution is 5.81. The molecule has 0 aliphatic heterocycles. The fourth-order valence-electron chi connectivity index (χ4n) is 1.30. The van der Waals surface area contributed by atoms with E-state index in [4.69, 9.17) is 0 Å². The summed E-state index contributed by atoms with van der Waals surface area (Å²) in [6.45, 7) is 4.16. The van der Waals surface area contributed by atoms with Crippen molar-refractivity contribution in [3.05, 3.63) is 27.9 Å². The molecule has 7 nitrogen and oxygen atoms in total. The zero-order chi connectivity index (χ0) is 13.7. The number of pyridine rings is 1. The van der Waals surface area contributed by atoms with Gasteiger partial charge in [-0.25, -0.2) is 4.98 Å². The normalized spacial score (nSPS) is 9.94. The van der Waals surface area contributed by atoms with Crippen LogP contribution in [0.5, 0.6) is 0 Å². The number of hydrogen-bond acceptors (Lipinski definition) is 5. The second-order valence-electron chi connectivity index (χ2n) is 3.84. The van der Waals surface area contributed by atoms with E-state index < -0.39 is 4.92 Å². The number of rotatable bonds is 5. The molecule has 0 aliphatic carbocycles. The van der Waals surface area contributed by atoms with Crippen LogP contribution in [-0.2, 0) is 4.79 Å². The number of nitrogens with one attached hydrogen (secondary N) is 1. The SMILES string of the molecule is CCN(C)C(=O)CNc1nc(C)ccc1[N+](=O)[O-]. The Bertz CT molecular complexity index is 462. The first-order valence-electron chi connectivity index (χ1n) is 5.55. The van der Waals surface area contributed by atoms with Crippen LogP contribution in [0.3, 0.4) is 0 Å². The highest BCUT2D eigenvalue weighted by atomic mass is 16.6. The van der Waals surface area contributed by atoms with Gasteiger partial charge in [-0.2, -0.15) is 0 Å².